The number of nitrogens with one attached hydrogen (secondary N) is 1. The Hall–Kier alpha value is -3.94. The topological polar surface area (TPSA) is 79.2 Å². The van der Waals surface area contributed by atoms with Gasteiger partial charge < -0.3 is 15.1 Å². The number of carbonyl (C=O) groups excluding carboxylic acids is 1. The third-order valence-electron chi connectivity index (χ3n) is 6.98. The van der Waals surface area contributed by atoms with Crippen LogP contribution in [0.5, 0.6) is 0 Å². The Bertz CT molecular complexity index is 1400. The number of benzene rings is 2. The highest BCUT2D eigenvalue weighted by molar-refractivity contribution is 5.93. The van der Waals surface area contributed by atoms with Gasteiger partial charge in [-0.2, -0.15) is 10.2 Å². The third kappa shape index (κ3) is 4.20. The first-order valence-electron chi connectivity index (χ1n) is 12.0. The summed E-state index contributed by atoms with van der Waals surface area (Å²) in [7, 11) is 0. The van der Waals surface area contributed by atoms with E-state index in [0.29, 0.717) is 26.2 Å². The number of amides is 2. The van der Waals surface area contributed by atoms with Crippen molar-refractivity contribution in [3.05, 3.63) is 70.5 Å². The van der Waals surface area contributed by atoms with Crippen molar-refractivity contribution < 1.29 is 4.79 Å². The van der Waals surface area contributed by atoms with E-state index in [1.165, 1.54) is 5.56 Å². The number of nitrogens with zero attached hydrogens (tertiary/aromatic N) is 6. The lowest BCUT2D eigenvalue weighted by atomic mass is 10.1. The van der Waals surface area contributed by atoms with Crippen molar-refractivity contribution in [2.24, 2.45) is 0 Å². The van der Waals surface area contributed by atoms with Crippen LogP contribution in [0.3, 0.4) is 0 Å². The molecule has 0 atom stereocenters. The minimum Gasteiger partial charge on any atom is -0.350 e. The molecule has 2 aromatic carbocycles. The van der Waals surface area contributed by atoms with Crippen LogP contribution in [0.2, 0.25) is 0 Å². The molecule has 0 saturated carbocycles. The molecule has 0 aliphatic carbocycles. The monoisotopic (exact) mass is 469 g/mol. The molecule has 0 radical (unpaired) electrons. The fourth-order valence-corrected chi connectivity index (χ4v) is 4.66. The minimum atomic E-state index is -0.0713. The van der Waals surface area contributed by atoms with Gasteiger partial charge in [0.15, 0.2) is 5.82 Å². The standard InChI is InChI=1S/C27H31N7O/c1-17-9-11-22(12-10-17)34-21(5)24-20(4)29-30-26(25(24)31-34)32-13-15-33(16-14-32)27(35)28-23-8-6-7-18(2)19(23)3/h6-12H,13-16H2,1-5H3,(H,28,35). The number of urea groups is 1. The lowest BCUT2D eigenvalue weighted by Gasteiger charge is -2.35. The zero-order chi connectivity index (χ0) is 24.7. The maximum atomic E-state index is 12.9. The van der Waals surface area contributed by atoms with Crippen molar-refractivity contribution in [1.82, 2.24) is 24.9 Å². The fraction of sp³-hybridized carbons (Fsp3) is 0.333. The first kappa shape index (κ1) is 22.8. The van der Waals surface area contributed by atoms with Gasteiger partial charge in [0.1, 0.15) is 5.52 Å². The van der Waals surface area contributed by atoms with Crippen LogP contribution in [-0.4, -0.2) is 57.1 Å². The maximum Gasteiger partial charge on any atom is 0.321 e. The van der Waals surface area contributed by atoms with Crippen molar-refractivity contribution in [1.29, 1.82) is 0 Å². The number of aromatic nitrogens is 4. The van der Waals surface area contributed by atoms with Gasteiger partial charge in [0.2, 0.25) is 0 Å². The van der Waals surface area contributed by atoms with Crippen LogP contribution in [0.15, 0.2) is 42.5 Å². The van der Waals surface area contributed by atoms with Gasteiger partial charge in [-0.05, 0) is 63.9 Å². The third-order valence-corrected chi connectivity index (χ3v) is 6.98. The predicted octanol–water partition coefficient (Wildman–Crippen LogP) is 4.71. The molecule has 2 amide bonds. The van der Waals surface area contributed by atoms with Gasteiger partial charge in [-0.1, -0.05) is 29.8 Å². The predicted molar refractivity (Wildman–Crippen MR) is 140 cm³/mol. The highest BCUT2D eigenvalue weighted by Gasteiger charge is 2.26. The molecule has 1 fully saturated rings. The summed E-state index contributed by atoms with van der Waals surface area (Å²) < 4.78 is 1.97. The second-order valence-corrected chi connectivity index (χ2v) is 9.32. The molecule has 1 N–H and O–H groups in total. The molecule has 1 aliphatic rings. The van der Waals surface area contributed by atoms with E-state index < -0.39 is 0 Å². The summed E-state index contributed by atoms with van der Waals surface area (Å²) in [5.74, 6) is 0.772. The van der Waals surface area contributed by atoms with Crippen molar-refractivity contribution in [3.8, 4) is 5.69 Å². The molecule has 1 aliphatic heterocycles. The van der Waals surface area contributed by atoms with E-state index in [9.17, 15) is 4.79 Å². The van der Waals surface area contributed by atoms with E-state index in [-0.39, 0.29) is 6.03 Å². The first-order valence-corrected chi connectivity index (χ1v) is 12.0. The maximum absolute atomic E-state index is 12.9. The Kier molecular flexibility index (Phi) is 5.88. The summed E-state index contributed by atoms with van der Waals surface area (Å²) in [5.41, 5.74) is 8.11. The summed E-state index contributed by atoms with van der Waals surface area (Å²) >= 11 is 0. The minimum absolute atomic E-state index is 0.0713. The zero-order valence-corrected chi connectivity index (χ0v) is 21.0. The smallest absolute Gasteiger partial charge is 0.321 e. The number of fused-ring (bicyclic) bond motifs is 1. The fourth-order valence-electron chi connectivity index (χ4n) is 4.66. The molecular weight excluding hydrogens is 438 g/mol. The molecule has 35 heavy (non-hydrogen) atoms. The normalized spacial score (nSPS) is 14.0. The van der Waals surface area contributed by atoms with Gasteiger partial charge in [0.25, 0.3) is 0 Å². The van der Waals surface area contributed by atoms with E-state index in [2.05, 4.69) is 71.5 Å². The summed E-state index contributed by atoms with van der Waals surface area (Å²) in [6, 6.07) is 14.2. The molecule has 8 heteroatoms. The first-order chi connectivity index (χ1) is 16.8. The second-order valence-electron chi connectivity index (χ2n) is 9.32. The van der Waals surface area contributed by atoms with Crippen LogP contribution in [0.25, 0.3) is 16.6 Å². The molecule has 1 saturated heterocycles. The number of carbonyl (C=O) groups is 1. The van der Waals surface area contributed by atoms with Crippen molar-refractivity contribution in [3.63, 3.8) is 0 Å². The molecule has 180 valence electrons. The number of piperazine rings is 1. The van der Waals surface area contributed by atoms with Gasteiger partial charge in [-0.25, -0.2) is 9.48 Å². The van der Waals surface area contributed by atoms with E-state index in [4.69, 9.17) is 5.10 Å². The lowest BCUT2D eigenvalue weighted by molar-refractivity contribution is 0.208. The van der Waals surface area contributed by atoms with Crippen LogP contribution < -0.4 is 10.2 Å². The SMILES string of the molecule is Cc1ccc(-n2nc3c(N4CCN(C(=O)Nc5cccc(C)c5C)CC4)nnc(C)c3c2C)cc1. The summed E-state index contributed by atoms with van der Waals surface area (Å²) in [5, 5.41) is 18.0. The van der Waals surface area contributed by atoms with Gasteiger partial charge in [0.05, 0.1) is 22.5 Å². The number of hydrogen-bond acceptors (Lipinski definition) is 5. The summed E-state index contributed by atoms with van der Waals surface area (Å²) in [6.45, 7) is 12.8. The van der Waals surface area contributed by atoms with Gasteiger partial charge in [0, 0.05) is 31.9 Å². The van der Waals surface area contributed by atoms with Gasteiger partial charge in [-0.15, -0.1) is 5.10 Å². The van der Waals surface area contributed by atoms with Crippen LogP contribution in [0, 0.1) is 34.6 Å². The van der Waals surface area contributed by atoms with Crippen LogP contribution in [0.4, 0.5) is 16.3 Å². The quantitative estimate of drug-likeness (QED) is 0.470. The molecule has 3 heterocycles. The summed E-state index contributed by atoms with van der Waals surface area (Å²) in [4.78, 5) is 17.0. The molecule has 0 spiro atoms. The Morgan fingerprint density at radius 1 is 0.886 bits per heavy atom. The van der Waals surface area contributed by atoms with E-state index in [1.54, 1.807) is 0 Å². The molecule has 0 bridgehead atoms. The number of rotatable bonds is 3. The van der Waals surface area contributed by atoms with Crippen LogP contribution in [0.1, 0.15) is 28.1 Å². The molecule has 0 unspecified atom stereocenters. The molecule has 2 aromatic heterocycles. The molecular formula is C27H31N7O. The van der Waals surface area contributed by atoms with E-state index in [1.807, 2.05) is 35.6 Å². The Labute approximate surface area is 205 Å². The van der Waals surface area contributed by atoms with Crippen molar-refractivity contribution >= 4 is 28.4 Å². The van der Waals surface area contributed by atoms with Crippen LogP contribution in [-0.2, 0) is 0 Å². The highest BCUT2D eigenvalue weighted by atomic mass is 16.2. The van der Waals surface area contributed by atoms with Gasteiger partial charge >= 0.3 is 6.03 Å². The average Bonchev–Trinajstić information content (AvgIpc) is 3.21. The van der Waals surface area contributed by atoms with Crippen LogP contribution >= 0.6 is 0 Å². The number of aryl methyl sites for hydroxylation is 4. The summed E-state index contributed by atoms with van der Waals surface area (Å²) in [6.07, 6.45) is 0. The van der Waals surface area contributed by atoms with Crippen molar-refractivity contribution in [2.45, 2.75) is 34.6 Å². The zero-order valence-electron chi connectivity index (χ0n) is 21.0. The van der Waals surface area contributed by atoms with E-state index in [0.717, 1.165) is 50.6 Å². The lowest BCUT2D eigenvalue weighted by Crippen LogP contribution is -2.50. The average molecular weight is 470 g/mol. The highest BCUT2D eigenvalue weighted by Crippen LogP contribution is 2.30. The van der Waals surface area contributed by atoms with Crippen molar-refractivity contribution in [2.75, 3.05) is 36.4 Å². The Balaban J connectivity index is 1.37. The Morgan fingerprint density at radius 2 is 1.60 bits per heavy atom. The van der Waals surface area contributed by atoms with E-state index >= 15 is 0 Å². The molecule has 8 nitrogen and oxygen atoms in total. The molecule has 4 aromatic rings. The number of hydrogen-bond donors (Lipinski definition) is 1. The second kappa shape index (κ2) is 9.02. The molecule has 5 rings (SSSR count). The number of anilines is 2. The largest absolute Gasteiger partial charge is 0.350 e. The Morgan fingerprint density at radius 3 is 2.31 bits per heavy atom. The van der Waals surface area contributed by atoms with Gasteiger partial charge in [-0.3, -0.25) is 0 Å².